The molecule has 0 aromatic rings. The molecule has 0 unspecified atom stereocenters. The lowest BCUT2D eigenvalue weighted by Gasteiger charge is -2.49. The smallest absolute Gasteiger partial charge is 0.217 e. The minimum Gasteiger partial charge on any atom is -0.394 e. The standard InChI is InChI=1S/C26H45NO21/c1-6(32)27-11-13(34)20(47-25-18(39)14(35)12(33)7(2-28)43-25)9(4-30)44-24(11)46-22-10(5-31)45-26(19(40)16(22)37)48-21-8(3-29)42-23(41)17(38)15(21)36/h7-26,28-31,33-41H,2-5H2,1H3,(H,27,32)/t7-,8-,9-,10-,11-,12+,13-,14+,15-,16-,17-,18-,19-,20-,21-,22+,23-,24+,25+,26+/m1/s1. The van der Waals surface area contributed by atoms with Crippen LogP contribution in [0.4, 0.5) is 0 Å². The maximum atomic E-state index is 12.1. The Hall–Kier alpha value is -1.33. The summed E-state index contributed by atoms with van der Waals surface area (Å²) in [6.45, 7) is -2.34. The van der Waals surface area contributed by atoms with Crippen LogP contribution in [0.1, 0.15) is 6.92 Å². The van der Waals surface area contributed by atoms with Crippen molar-refractivity contribution in [3.05, 3.63) is 0 Å². The molecule has 4 rings (SSSR count). The van der Waals surface area contributed by atoms with Gasteiger partial charge in [0.05, 0.1) is 26.4 Å². The van der Waals surface area contributed by atoms with Gasteiger partial charge in [0, 0.05) is 6.92 Å². The van der Waals surface area contributed by atoms with Crippen molar-refractivity contribution in [3.63, 3.8) is 0 Å². The number of hydrogen-bond acceptors (Lipinski definition) is 21. The van der Waals surface area contributed by atoms with E-state index in [-0.39, 0.29) is 0 Å². The highest BCUT2D eigenvalue weighted by molar-refractivity contribution is 5.73. The second kappa shape index (κ2) is 16.8. The summed E-state index contributed by atoms with van der Waals surface area (Å²) in [4.78, 5) is 12.1. The number of rotatable bonds is 11. The number of aliphatic hydroxyl groups excluding tert-OH is 13. The van der Waals surface area contributed by atoms with Crippen LogP contribution in [0.3, 0.4) is 0 Å². The van der Waals surface area contributed by atoms with Crippen molar-refractivity contribution >= 4 is 5.91 Å². The van der Waals surface area contributed by atoms with E-state index in [4.69, 9.17) is 33.2 Å². The molecule has 0 aliphatic carbocycles. The molecule has 4 aliphatic heterocycles. The number of carbonyl (C=O) groups excluding carboxylic acids is 1. The summed E-state index contributed by atoms with van der Waals surface area (Å²) in [7, 11) is 0. The molecule has 4 heterocycles. The molecule has 14 N–H and O–H groups in total. The van der Waals surface area contributed by atoms with E-state index in [0.29, 0.717) is 0 Å². The number of nitrogens with one attached hydrogen (secondary N) is 1. The quantitative estimate of drug-likeness (QED) is 0.0947. The molecule has 1 amide bonds. The van der Waals surface area contributed by atoms with Crippen LogP contribution in [0.25, 0.3) is 0 Å². The molecule has 0 bridgehead atoms. The van der Waals surface area contributed by atoms with E-state index >= 15 is 0 Å². The Labute approximate surface area is 272 Å². The minimum atomic E-state index is -2.02. The highest BCUT2D eigenvalue weighted by Gasteiger charge is 2.55. The molecule has 22 nitrogen and oxygen atoms in total. The first-order valence-corrected chi connectivity index (χ1v) is 15.1. The van der Waals surface area contributed by atoms with E-state index < -0.39 is 155 Å². The molecule has 4 fully saturated rings. The summed E-state index contributed by atoms with van der Waals surface area (Å²) < 4.78 is 38.5. The van der Waals surface area contributed by atoms with Crippen molar-refractivity contribution in [3.8, 4) is 0 Å². The molecular formula is C26H45NO21. The first-order chi connectivity index (χ1) is 22.7. The second-order valence-electron chi connectivity index (χ2n) is 11.9. The Morgan fingerprint density at radius 1 is 0.500 bits per heavy atom. The van der Waals surface area contributed by atoms with Crippen LogP contribution in [0.5, 0.6) is 0 Å². The highest BCUT2D eigenvalue weighted by atomic mass is 16.8. The van der Waals surface area contributed by atoms with Crippen molar-refractivity contribution in [2.24, 2.45) is 0 Å². The predicted molar refractivity (Wildman–Crippen MR) is 145 cm³/mol. The van der Waals surface area contributed by atoms with Gasteiger partial charge in [-0.1, -0.05) is 0 Å². The van der Waals surface area contributed by atoms with Crippen LogP contribution in [-0.4, -0.2) is 221 Å². The molecule has 22 heteroatoms. The molecule has 0 saturated carbocycles. The van der Waals surface area contributed by atoms with Gasteiger partial charge in [0.25, 0.3) is 0 Å². The van der Waals surface area contributed by atoms with E-state index in [1.165, 1.54) is 0 Å². The van der Waals surface area contributed by atoms with Crippen LogP contribution in [-0.2, 0) is 38.0 Å². The van der Waals surface area contributed by atoms with Gasteiger partial charge in [0.2, 0.25) is 5.91 Å². The number of ether oxygens (including phenoxy) is 7. The monoisotopic (exact) mass is 707 g/mol. The van der Waals surface area contributed by atoms with Gasteiger partial charge in [0.1, 0.15) is 97.6 Å². The van der Waals surface area contributed by atoms with Crippen LogP contribution in [0.15, 0.2) is 0 Å². The van der Waals surface area contributed by atoms with Gasteiger partial charge in [-0.05, 0) is 0 Å². The molecule has 20 atom stereocenters. The Balaban J connectivity index is 1.51. The zero-order chi connectivity index (χ0) is 35.6. The van der Waals surface area contributed by atoms with Crippen molar-refractivity contribution in [1.82, 2.24) is 5.32 Å². The lowest BCUT2D eigenvalue weighted by Crippen LogP contribution is -2.69. The zero-order valence-electron chi connectivity index (χ0n) is 25.5. The maximum absolute atomic E-state index is 12.1. The molecule has 0 radical (unpaired) electrons. The topological polar surface area (TPSA) is 357 Å². The zero-order valence-corrected chi connectivity index (χ0v) is 25.5. The summed E-state index contributed by atoms with van der Waals surface area (Å²) in [6, 6.07) is -1.58. The number of hydrogen-bond donors (Lipinski definition) is 14. The highest BCUT2D eigenvalue weighted by Crippen LogP contribution is 2.34. The third-order valence-corrected chi connectivity index (χ3v) is 8.61. The van der Waals surface area contributed by atoms with Gasteiger partial charge < -0.3 is 105 Å². The van der Waals surface area contributed by atoms with Crippen LogP contribution in [0, 0.1) is 0 Å². The van der Waals surface area contributed by atoms with Gasteiger partial charge in [-0.3, -0.25) is 4.79 Å². The third-order valence-electron chi connectivity index (χ3n) is 8.61. The fraction of sp³-hybridized carbons (Fsp3) is 0.962. The largest absolute Gasteiger partial charge is 0.394 e. The summed E-state index contributed by atoms with van der Waals surface area (Å²) in [6.07, 6.45) is -33.2. The average Bonchev–Trinajstić information content (AvgIpc) is 3.06. The Bertz CT molecular complexity index is 1020. The Morgan fingerprint density at radius 3 is 1.40 bits per heavy atom. The first-order valence-electron chi connectivity index (χ1n) is 15.1. The summed E-state index contributed by atoms with van der Waals surface area (Å²) >= 11 is 0. The fourth-order valence-electron chi connectivity index (χ4n) is 5.95. The average molecular weight is 708 g/mol. The van der Waals surface area contributed by atoms with Crippen molar-refractivity contribution < 1.29 is 104 Å². The van der Waals surface area contributed by atoms with Crippen LogP contribution >= 0.6 is 0 Å². The van der Waals surface area contributed by atoms with Crippen molar-refractivity contribution in [1.29, 1.82) is 0 Å². The third kappa shape index (κ3) is 8.08. The molecule has 0 aromatic heterocycles. The Kier molecular flexibility index (Phi) is 13.8. The van der Waals surface area contributed by atoms with Gasteiger partial charge in [-0.2, -0.15) is 0 Å². The van der Waals surface area contributed by atoms with Crippen LogP contribution in [0.2, 0.25) is 0 Å². The second-order valence-corrected chi connectivity index (χ2v) is 11.9. The molecule has 48 heavy (non-hydrogen) atoms. The minimum absolute atomic E-state index is 0.739. The van der Waals surface area contributed by atoms with Gasteiger partial charge in [-0.25, -0.2) is 0 Å². The number of aliphatic hydroxyl groups is 13. The van der Waals surface area contributed by atoms with E-state index in [9.17, 15) is 71.2 Å². The predicted octanol–water partition coefficient (Wildman–Crippen LogP) is -9.61. The summed E-state index contributed by atoms with van der Waals surface area (Å²) in [5, 5.41) is 135. The lowest BCUT2D eigenvalue weighted by atomic mass is 9.94. The van der Waals surface area contributed by atoms with E-state index in [2.05, 4.69) is 5.32 Å². The normalized spacial score (nSPS) is 50.2. The SMILES string of the molecule is CC(=O)N[C@H]1[C@H](O[C@@H]2[C@H](O)[C@@H](O)[C@H](O[C@H]3[C@H](O)[C@@H](O)[C@H](O)O[C@@H]3CO)O[C@@H]2CO)O[C@H](CO)[C@@H](O[C@@H]2O[C@H](CO)[C@H](O)[C@H](O)[C@H]2O)[C@@H]1O. The fourth-order valence-corrected chi connectivity index (χ4v) is 5.95. The van der Waals surface area contributed by atoms with Gasteiger partial charge in [-0.15, -0.1) is 0 Å². The lowest BCUT2D eigenvalue weighted by molar-refractivity contribution is -0.379. The van der Waals surface area contributed by atoms with Gasteiger partial charge >= 0.3 is 0 Å². The molecule has 280 valence electrons. The van der Waals surface area contributed by atoms with E-state index in [1.54, 1.807) is 0 Å². The van der Waals surface area contributed by atoms with Crippen molar-refractivity contribution in [2.45, 2.75) is 130 Å². The molecule has 0 spiro atoms. The van der Waals surface area contributed by atoms with Gasteiger partial charge in [0.15, 0.2) is 25.2 Å². The van der Waals surface area contributed by atoms with Crippen molar-refractivity contribution in [2.75, 3.05) is 26.4 Å². The molecule has 4 saturated heterocycles. The van der Waals surface area contributed by atoms with Crippen LogP contribution < -0.4 is 5.32 Å². The molecular weight excluding hydrogens is 662 g/mol. The number of carbonyl (C=O) groups is 1. The Morgan fingerprint density at radius 2 is 0.896 bits per heavy atom. The van der Waals surface area contributed by atoms with E-state index in [0.717, 1.165) is 6.92 Å². The van der Waals surface area contributed by atoms with E-state index in [1.807, 2.05) is 0 Å². The maximum Gasteiger partial charge on any atom is 0.217 e. The molecule has 0 aromatic carbocycles. The number of amides is 1. The molecule has 4 aliphatic rings. The first kappa shape index (κ1) is 39.5. The summed E-state index contributed by atoms with van der Waals surface area (Å²) in [5.41, 5.74) is 0. The summed E-state index contributed by atoms with van der Waals surface area (Å²) in [5.74, 6) is -0.739.